The lowest BCUT2D eigenvalue weighted by Crippen LogP contribution is -2.37. The number of hydrogen-bond acceptors (Lipinski definition) is 2. The summed E-state index contributed by atoms with van der Waals surface area (Å²) in [5.74, 6) is 1.76. The zero-order chi connectivity index (χ0) is 13.9. The Hall–Kier alpha value is -0.980. The topological polar surface area (TPSA) is 45.7 Å². The van der Waals surface area contributed by atoms with E-state index in [4.69, 9.17) is 4.74 Å². The van der Waals surface area contributed by atoms with Crippen molar-refractivity contribution in [2.45, 2.75) is 33.2 Å². The van der Waals surface area contributed by atoms with Gasteiger partial charge in [0.25, 0.3) is 0 Å². The maximum atomic E-state index is 5.62. The van der Waals surface area contributed by atoms with E-state index in [0.29, 0.717) is 0 Å². The van der Waals surface area contributed by atoms with Crippen molar-refractivity contribution in [3.05, 3.63) is 29.8 Å². The van der Waals surface area contributed by atoms with E-state index in [-0.39, 0.29) is 24.0 Å². The third-order valence-corrected chi connectivity index (χ3v) is 2.60. The standard InChI is InChI=1S/C15H25N3O.HI/c1-4-9-17-15(16-3)18-12-13-7-6-8-14(11-13)19-10-5-2;/h6-8,11H,4-5,9-10,12H2,1-3H3,(H2,16,17,18);1H. The molecular formula is C15H26IN3O. The van der Waals surface area contributed by atoms with Crippen molar-refractivity contribution >= 4 is 29.9 Å². The molecule has 2 N–H and O–H groups in total. The van der Waals surface area contributed by atoms with Crippen molar-refractivity contribution in [1.82, 2.24) is 10.6 Å². The summed E-state index contributed by atoms with van der Waals surface area (Å²) in [6.45, 7) is 6.67. The van der Waals surface area contributed by atoms with Crippen LogP contribution in [-0.4, -0.2) is 26.2 Å². The van der Waals surface area contributed by atoms with E-state index in [1.165, 1.54) is 5.56 Å². The number of aliphatic imine (C=N–C) groups is 1. The minimum Gasteiger partial charge on any atom is -0.494 e. The van der Waals surface area contributed by atoms with Crippen molar-refractivity contribution in [1.29, 1.82) is 0 Å². The van der Waals surface area contributed by atoms with Crippen molar-refractivity contribution in [3.8, 4) is 5.75 Å². The zero-order valence-electron chi connectivity index (χ0n) is 12.6. The normalized spacial score (nSPS) is 10.7. The van der Waals surface area contributed by atoms with Crippen LogP contribution in [0.5, 0.6) is 5.75 Å². The number of nitrogens with one attached hydrogen (secondary N) is 2. The number of nitrogens with zero attached hydrogens (tertiary/aromatic N) is 1. The summed E-state index contributed by atoms with van der Waals surface area (Å²) in [6.07, 6.45) is 2.11. The summed E-state index contributed by atoms with van der Waals surface area (Å²) >= 11 is 0. The summed E-state index contributed by atoms with van der Waals surface area (Å²) in [7, 11) is 1.78. The average Bonchev–Trinajstić information content (AvgIpc) is 2.46. The van der Waals surface area contributed by atoms with Gasteiger partial charge in [-0.2, -0.15) is 0 Å². The van der Waals surface area contributed by atoms with Crippen molar-refractivity contribution in [2.24, 2.45) is 4.99 Å². The minimum atomic E-state index is 0. The highest BCUT2D eigenvalue weighted by Gasteiger charge is 1.99. The Morgan fingerprint density at radius 1 is 1.20 bits per heavy atom. The molecule has 5 heteroatoms. The first-order valence-corrected chi connectivity index (χ1v) is 6.96. The van der Waals surface area contributed by atoms with E-state index in [9.17, 15) is 0 Å². The Balaban J connectivity index is 0.00000361. The Morgan fingerprint density at radius 3 is 2.65 bits per heavy atom. The Morgan fingerprint density at radius 2 is 2.00 bits per heavy atom. The number of rotatable bonds is 7. The second kappa shape index (κ2) is 11.8. The molecule has 1 rings (SSSR count). The smallest absolute Gasteiger partial charge is 0.191 e. The first-order chi connectivity index (χ1) is 9.30. The van der Waals surface area contributed by atoms with Crippen LogP contribution in [0.1, 0.15) is 32.3 Å². The molecule has 0 unspecified atom stereocenters. The maximum absolute atomic E-state index is 5.62. The van der Waals surface area contributed by atoms with E-state index in [1.54, 1.807) is 7.05 Å². The predicted octanol–water partition coefficient (Wildman–Crippen LogP) is 3.17. The van der Waals surface area contributed by atoms with Gasteiger partial charge < -0.3 is 15.4 Å². The molecule has 114 valence electrons. The molecule has 0 heterocycles. The van der Waals surface area contributed by atoms with Gasteiger partial charge in [-0.1, -0.05) is 26.0 Å². The van der Waals surface area contributed by atoms with Gasteiger partial charge in [-0.3, -0.25) is 4.99 Å². The van der Waals surface area contributed by atoms with Crippen LogP contribution in [0.3, 0.4) is 0 Å². The van der Waals surface area contributed by atoms with Crippen LogP contribution in [0.25, 0.3) is 0 Å². The average molecular weight is 391 g/mol. The molecule has 1 aromatic carbocycles. The minimum absolute atomic E-state index is 0. The molecule has 0 bridgehead atoms. The lowest BCUT2D eigenvalue weighted by Gasteiger charge is -2.12. The quantitative estimate of drug-likeness (QED) is 0.427. The van der Waals surface area contributed by atoms with Gasteiger partial charge in [-0.05, 0) is 30.5 Å². The van der Waals surface area contributed by atoms with Crippen molar-refractivity contribution in [2.75, 3.05) is 20.2 Å². The maximum Gasteiger partial charge on any atom is 0.191 e. The lowest BCUT2D eigenvalue weighted by atomic mass is 10.2. The molecule has 0 aromatic heterocycles. The second-order valence-corrected chi connectivity index (χ2v) is 4.35. The second-order valence-electron chi connectivity index (χ2n) is 4.35. The van der Waals surface area contributed by atoms with Gasteiger partial charge in [0, 0.05) is 20.1 Å². The SMILES string of the molecule is CCCNC(=NC)NCc1cccc(OCCC)c1.I. The summed E-state index contributed by atoms with van der Waals surface area (Å²) in [5, 5.41) is 6.53. The van der Waals surface area contributed by atoms with Crippen LogP contribution in [-0.2, 0) is 6.54 Å². The van der Waals surface area contributed by atoms with Crippen LogP contribution in [0.15, 0.2) is 29.3 Å². The molecule has 1 aromatic rings. The van der Waals surface area contributed by atoms with Crippen LogP contribution in [0.2, 0.25) is 0 Å². The largest absolute Gasteiger partial charge is 0.494 e. The molecule has 0 atom stereocenters. The molecule has 0 amide bonds. The Labute approximate surface area is 139 Å². The molecule has 0 aliphatic carbocycles. The van der Waals surface area contributed by atoms with Gasteiger partial charge in [0.2, 0.25) is 0 Å². The fourth-order valence-corrected chi connectivity index (χ4v) is 1.61. The van der Waals surface area contributed by atoms with Crippen LogP contribution < -0.4 is 15.4 Å². The Bertz CT molecular complexity index is 396. The number of guanidine groups is 1. The molecule has 0 spiro atoms. The van der Waals surface area contributed by atoms with Crippen molar-refractivity contribution < 1.29 is 4.74 Å². The van der Waals surface area contributed by atoms with E-state index in [2.05, 4.69) is 41.6 Å². The lowest BCUT2D eigenvalue weighted by molar-refractivity contribution is 0.317. The van der Waals surface area contributed by atoms with Gasteiger partial charge in [-0.15, -0.1) is 24.0 Å². The molecule has 0 radical (unpaired) electrons. The zero-order valence-corrected chi connectivity index (χ0v) is 14.9. The third kappa shape index (κ3) is 7.57. The predicted molar refractivity (Wildman–Crippen MR) is 96.1 cm³/mol. The molecule has 0 aliphatic rings. The van der Waals surface area contributed by atoms with E-state index in [0.717, 1.165) is 44.2 Å². The Kier molecular flexibility index (Phi) is 11.2. The van der Waals surface area contributed by atoms with Gasteiger partial charge in [0.1, 0.15) is 5.75 Å². The summed E-state index contributed by atoms with van der Waals surface area (Å²) in [6, 6.07) is 8.15. The summed E-state index contributed by atoms with van der Waals surface area (Å²) in [4.78, 5) is 4.18. The molecule has 0 saturated carbocycles. The van der Waals surface area contributed by atoms with Gasteiger partial charge >= 0.3 is 0 Å². The molecule has 0 fully saturated rings. The highest BCUT2D eigenvalue weighted by molar-refractivity contribution is 14.0. The van der Waals surface area contributed by atoms with Gasteiger partial charge in [0.15, 0.2) is 5.96 Å². The highest BCUT2D eigenvalue weighted by atomic mass is 127. The number of halogens is 1. The van der Waals surface area contributed by atoms with Crippen LogP contribution >= 0.6 is 24.0 Å². The van der Waals surface area contributed by atoms with Gasteiger partial charge in [0.05, 0.1) is 6.61 Å². The van der Waals surface area contributed by atoms with Crippen molar-refractivity contribution in [3.63, 3.8) is 0 Å². The number of benzene rings is 1. The molecule has 0 saturated heterocycles. The molecule has 20 heavy (non-hydrogen) atoms. The molecule has 0 aliphatic heterocycles. The third-order valence-electron chi connectivity index (χ3n) is 2.60. The van der Waals surface area contributed by atoms with E-state index in [1.807, 2.05) is 12.1 Å². The fraction of sp³-hybridized carbons (Fsp3) is 0.533. The molecule has 4 nitrogen and oxygen atoms in total. The first kappa shape index (κ1) is 19.0. The summed E-state index contributed by atoms with van der Waals surface area (Å²) < 4.78 is 5.62. The number of hydrogen-bond donors (Lipinski definition) is 2. The number of ether oxygens (including phenoxy) is 1. The summed E-state index contributed by atoms with van der Waals surface area (Å²) in [5.41, 5.74) is 1.19. The monoisotopic (exact) mass is 391 g/mol. The molecular weight excluding hydrogens is 365 g/mol. The fourth-order valence-electron chi connectivity index (χ4n) is 1.61. The highest BCUT2D eigenvalue weighted by Crippen LogP contribution is 2.13. The van der Waals surface area contributed by atoms with Crippen LogP contribution in [0, 0.1) is 0 Å². The van der Waals surface area contributed by atoms with E-state index < -0.39 is 0 Å². The van der Waals surface area contributed by atoms with Gasteiger partial charge in [-0.25, -0.2) is 0 Å². The van der Waals surface area contributed by atoms with Crippen LogP contribution in [0.4, 0.5) is 0 Å². The van der Waals surface area contributed by atoms with E-state index >= 15 is 0 Å². The first-order valence-electron chi connectivity index (χ1n) is 6.96.